The molecule has 17 heavy (non-hydrogen) atoms. The molecule has 0 aliphatic rings. The highest BCUT2D eigenvalue weighted by atomic mass is 16.5. The molecule has 6 nitrogen and oxygen atoms in total. The highest BCUT2D eigenvalue weighted by Crippen LogP contribution is 2.08. The Balaban J connectivity index is 2.71. The number of rotatable bonds is 5. The number of hydrazine groups is 1. The fourth-order valence-electron chi connectivity index (χ4n) is 1.30. The number of nitrogen functional groups attached to an aromatic ring is 1. The zero-order valence-corrected chi connectivity index (χ0v) is 10.3. The van der Waals surface area contributed by atoms with Crippen LogP contribution in [0, 0.1) is 6.92 Å². The number of aromatic nitrogens is 1. The molecule has 1 aromatic heterocycles. The summed E-state index contributed by atoms with van der Waals surface area (Å²) in [6.07, 6.45) is -0.0195. The van der Waals surface area contributed by atoms with Gasteiger partial charge in [-0.3, -0.25) is 4.79 Å². The Kier molecular flexibility index (Phi) is 4.86. The van der Waals surface area contributed by atoms with E-state index in [1.807, 2.05) is 6.92 Å². The van der Waals surface area contributed by atoms with Crippen molar-refractivity contribution in [2.24, 2.45) is 5.84 Å². The smallest absolute Gasteiger partial charge is 0.251 e. The molecule has 1 amide bonds. The largest absolute Gasteiger partial charge is 0.380 e. The third kappa shape index (κ3) is 4.01. The highest BCUT2D eigenvalue weighted by Gasteiger charge is 2.09. The lowest BCUT2D eigenvalue weighted by molar-refractivity contribution is 0.0870. The Bertz CT molecular complexity index is 395. The fourth-order valence-corrected chi connectivity index (χ4v) is 1.30. The Labute approximate surface area is 101 Å². The summed E-state index contributed by atoms with van der Waals surface area (Å²) in [5.74, 6) is 5.56. The van der Waals surface area contributed by atoms with Crippen LogP contribution in [0.4, 0.5) is 5.82 Å². The Morgan fingerprint density at radius 1 is 1.59 bits per heavy atom. The monoisotopic (exact) mass is 238 g/mol. The SMILES string of the molecule is COC(C)CNC(=O)c1cc(C)nc(NN)c1. The number of amides is 1. The molecule has 0 aromatic carbocycles. The lowest BCUT2D eigenvalue weighted by Gasteiger charge is -2.11. The molecule has 1 aromatic rings. The first-order valence-corrected chi connectivity index (χ1v) is 5.33. The molecule has 0 saturated carbocycles. The number of carbonyl (C=O) groups is 1. The lowest BCUT2D eigenvalue weighted by atomic mass is 10.2. The normalized spacial score (nSPS) is 12.0. The molecule has 0 saturated heterocycles. The van der Waals surface area contributed by atoms with Crippen LogP contribution in [0.2, 0.25) is 0 Å². The van der Waals surface area contributed by atoms with Gasteiger partial charge in [-0.1, -0.05) is 0 Å². The number of nitrogens with zero attached hydrogens (tertiary/aromatic N) is 1. The van der Waals surface area contributed by atoms with Gasteiger partial charge in [0.1, 0.15) is 5.82 Å². The van der Waals surface area contributed by atoms with Gasteiger partial charge in [-0.05, 0) is 26.0 Å². The molecule has 6 heteroatoms. The Hall–Kier alpha value is -1.66. The molecule has 0 radical (unpaired) electrons. The summed E-state index contributed by atoms with van der Waals surface area (Å²) in [7, 11) is 1.60. The van der Waals surface area contributed by atoms with E-state index >= 15 is 0 Å². The zero-order chi connectivity index (χ0) is 12.8. The molecule has 0 spiro atoms. The third-order valence-corrected chi connectivity index (χ3v) is 2.32. The minimum atomic E-state index is -0.170. The Morgan fingerprint density at radius 3 is 2.88 bits per heavy atom. The van der Waals surface area contributed by atoms with Crippen molar-refractivity contribution >= 4 is 11.7 Å². The van der Waals surface area contributed by atoms with Crippen LogP contribution in [0.3, 0.4) is 0 Å². The van der Waals surface area contributed by atoms with E-state index in [0.717, 1.165) is 5.69 Å². The maximum atomic E-state index is 11.8. The van der Waals surface area contributed by atoms with Gasteiger partial charge in [-0.15, -0.1) is 0 Å². The predicted molar refractivity (Wildman–Crippen MR) is 65.6 cm³/mol. The highest BCUT2D eigenvalue weighted by molar-refractivity contribution is 5.95. The molecule has 1 heterocycles. The summed E-state index contributed by atoms with van der Waals surface area (Å²) in [4.78, 5) is 15.9. The van der Waals surface area contributed by atoms with Crippen molar-refractivity contribution in [3.63, 3.8) is 0 Å². The minimum Gasteiger partial charge on any atom is -0.380 e. The van der Waals surface area contributed by atoms with Gasteiger partial charge in [0.2, 0.25) is 0 Å². The van der Waals surface area contributed by atoms with E-state index in [1.165, 1.54) is 0 Å². The molecule has 1 atom stereocenters. The Morgan fingerprint density at radius 2 is 2.29 bits per heavy atom. The second-order valence-corrected chi connectivity index (χ2v) is 3.78. The van der Waals surface area contributed by atoms with Gasteiger partial charge in [-0.2, -0.15) is 0 Å². The number of nitrogens with one attached hydrogen (secondary N) is 2. The van der Waals surface area contributed by atoms with Gasteiger partial charge in [0, 0.05) is 24.9 Å². The molecule has 1 rings (SSSR count). The van der Waals surface area contributed by atoms with Gasteiger partial charge in [0.25, 0.3) is 5.91 Å². The van der Waals surface area contributed by atoms with E-state index in [9.17, 15) is 4.79 Å². The number of hydrogen-bond acceptors (Lipinski definition) is 5. The first kappa shape index (κ1) is 13.4. The van der Waals surface area contributed by atoms with Gasteiger partial charge in [-0.25, -0.2) is 10.8 Å². The quantitative estimate of drug-likeness (QED) is 0.511. The van der Waals surface area contributed by atoms with Crippen molar-refractivity contribution in [1.82, 2.24) is 10.3 Å². The van der Waals surface area contributed by atoms with Crippen LogP contribution >= 0.6 is 0 Å². The van der Waals surface area contributed by atoms with Crippen LogP contribution in [-0.2, 0) is 4.74 Å². The van der Waals surface area contributed by atoms with E-state index in [1.54, 1.807) is 26.2 Å². The molecule has 0 bridgehead atoms. The molecular weight excluding hydrogens is 220 g/mol. The minimum absolute atomic E-state index is 0.0195. The number of anilines is 1. The first-order chi connectivity index (χ1) is 8.06. The molecule has 0 aliphatic heterocycles. The second kappa shape index (κ2) is 6.17. The van der Waals surface area contributed by atoms with Crippen LogP contribution < -0.4 is 16.6 Å². The van der Waals surface area contributed by atoms with Crippen molar-refractivity contribution in [2.45, 2.75) is 20.0 Å². The maximum Gasteiger partial charge on any atom is 0.251 e. The number of aryl methyl sites for hydroxylation is 1. The molecular formula is C11H18N4O2. The lowest BCUT2D eigenvalue weighted by Crippen LogP contribution is -2.31. The number of methoxy groups -OCH3 is 1. The average molecular weight is 238 g/mol. The molecule has 4 N–H and O–H groups in total. The van der Waals surface area contributed by atoms with Crippen LogP contribution in [0.1, 0.15) is 23.0 Å². The zero-order valence-electron chi connectivity index (χ0n) is 10.3. The molecule has 0 fully saturated rings. The number of nitrogens with two attached hydrogens (primary N) is 1. The van der Waals surface area contributed by atoms with Crippen molar-refractivity contribution < 1.29 is 9.53 Å². The summed E-state index contributed by atoms with van der Waals surface area (Å²) in [5.41, 5.74) is 3.67. The first-order valence-electron chi connectivity index (χ1n) is 5.33. The van der Waals surface area contributed by atoms with Crippen LogP contribution in [0.25, 0.3) is 0 Å². The predicted octanol–water partition coefficient (Wildman–Crippen LogP) is 0.440. The molecule has 1 unspecified atom stereocenters. The van der Waals surface area contributed by atoms with Gasteiger partial charge < -0.3 is 15.5 Å². The number of carbonyl (C=O) groups excluding carboxylic acids is 1. The standard InChI is InChI=1S/C11H18N4O2/c1-7-4-9(5-10(14-7)15-12)11(16)13-6-8(2)17-3/h4-5,8H,6,12H2,1-3H3,(H,13,16)(H,14,15). The summed E-state index contributed by atoms with van der Waals surface area (Å²) in [6.45, 7) is 4.14. The number of ether oxygens (including phenoxy) is 1. The van der Waals surface area contributed by atoms with Crippen molar-refractivity contribution in [1.29, 1.82) is 0 Å². The van der Waals surface area contributed by atoms with Crippen molar-refractivity contribution in [3.8, 4) is 0 Å². The van der Waals surface area contributed by atoms with E-state index in [4.69, 9.17) is 10.6 Å². The van der Waals surface area contributed by atoms with Crippen molar-refractivity contribution in [3.05, 3.63) is 23.4 Å². The van der Waals surface area contributed by atoms with E-state index in [2.05, 4.69) is 15.7 Å². The van der Waals surface area contributed by atoms with Crippen molar-refractivity contribution in [2.75, 3.05) is 19.1 Å². The number of hydrogen-bond donors (Lipinski definition) is 3. The summed E-state index contributed by atoms with van der Waals surface area (Å²) >= 11 is 0. The average Bonchev–Trinajstić information content (AvgIpc) is 2.34. The van der Waals surface area contributed by atoms with Gasteiger partial charge in [0.15, 0.2) is 0 Å². The van der Waals surface area contributed by atoms with E-state index < -0.39 is 0 Å². The van der Waals surface area contributed by atoms with Gasteiger partial charge >= 0.3 is 0 Å². The fraction of sp³-hybridized carbons (Fsp3) is 0.455. The topological polar surface area (TPSA) is 89.3 Å². The second-order valence-electron chi connectivity index (χ2n) is 3.78. The van der Waals surface area contributed by atoms with E-state index in [-0.39, 0.29) is 12.0 Å². The molecule has 0 aliphatic carbocycles. The third-order valence-electron chi connectivity index (χ3n) is 2.32. The van der Waals surface area contributed by atoms with Crippen LogP contribution in [0.5, 0.6) is 0 Å². The summed E-state index contributed by atoms with van der Waals surface area (Å²) in [5, 5.41) is 2.77. The summed E-state index contributed by atoms with van der Waals surface area (Å²) < 4.78 is 5.05. The van der Waals surface area contributed by atoms with Gasteiger partial charge in [0.05, 0.1) is 6.10 Å². The van der Waals surface area contributed by atoms with Crippen LogP contribution in [-0.4, -0.2) is 30.6 Å². The van der Waals surface area contributed by atoms with E-state index in [0.29, 0.717) is 17.9 Å². The maximum absolute atomic E-state index is 11.8. The summed E-state index contributed by atoms with van der Waals surface area (Å²) in [6, 6.07) is 3.30. The van der Waals surface area contributed by atoms with Crippen LogP contribution in [0.15, 0.2) is 12.1 Å². The molecule has 94 valence electrons. The number of pyridine rings is 1.